The number of hydrogen-bond donors (Lipinski definition) is 1. The number of rotatable bonds is 5. The highest BCUT2D eigenvalue weighted by molar-refractivity contribution is 4.92. The van der Waals surface area contributed by atoms with E-state index in [1.54, 1.807) is 0 Å². The van der Waals surface area contributed by atoms with Crippen molar-refractivity contribution in [2.45, 2.75) is 25.9 Å². The second-order valence-corrected chi connectivity index (χ2v) is 2.11. The molecule has 0 aliphatic heterocycles. The molecule has 0 fully saturated rings. The third-order valence-electron chi connectivity index (χ3n) is 1.11. The van der Waals surface area contributed by atoms with Gasteiger partial charge in [0.25, 0.3) is 0 Å². The van der Waals surface area contributed by atoms with E-state index < -0.39 is 6.10 Å². The van der Waals surface area contributed by atoms with Crippen LogP contribution in [-0.4, -0.2) is 24.4 Å². The maximum absolute atomic E-state index is 8.80. The Morgan fingerprint density at radius 1 is 1.70 bits per heavy atom. The first-order valence-electron chi connectivity index (χ1n) is 3.53. The van der Waals surface area contributed by atoms with Crippen LogP contribution in [0.5, 0.6) is 0 Å². The molecule has 58 valence electrons. The van der Waals surface area contributed by atoms with E-state index in [1.807, 2.05) is 0 Å². The molecule has 1 N–H and O–H groups in total. The molecular formula is C8H14O2. The molecule has 0 saturated heterocycles. The summed E-state index contributed by atoms with van der Waals surface area (Å²) in [4.78, 5) is 0. The van der Waals surface area contributed by atoms with Gasteiger partial charge in [0, 0.05) is 6.61 Å². The standard InChI is InChI=1S/C8H14O2/c1-3-5-6-10-7-8(9)4-2/h2,8-9H,3,5-7H2,1H3. The van der Waals surface area contributed by atoms with Gasteiger partial charge in [-0.05, 0) is 6.42 Å². The van der Waals surface area contributed by atoms with E-state index >= 15 is 0 Å². The third kappa shape index (κ3) is 5.61. The molecule has 0 saturated carbocycles. The van der Waals surface area contributed by atoms with Crippen LogP contribution in [0.15, 0.2) is 0 Å². The van der Waals surface area contributed by atoms with Crippen molar-refractivity contribution in [1.82, 2.24) is 0 Å². The Hall–Kier alpha value is -0.520. The maximum Gasteiger partial charge on any atom is 0.137 e. The number of aliphatic hydroxyl groups is 1. The van der Waals surface area contributed by atoms with Gasteiger partial charge in [-0.2, -0.15) is 0 Å². The molecule has 0 aliphatic carbocycles. The van der Waals surface area contributed by atoms with E-state index in [2.05, 4.69) is 12.8 Å². The van der Waals surface area contributed by atoms with Crippen molar-refractivity contribution in [3.63, 3.8) is 0 Å². The Balaban J connectivity index is 2.98. The van der Waals surface area contributed by atoms with Crippen LogP contribution in [0.4, 0.5) is 0 Å². The van der Waals surface area contributed by atoms with Crippen LogP contribution in [-0.2, 0) is 4.74 Å². The summed E-state index contributed by atoms with van der Waals surface area (Å²) in [7, 11) is 0. The van der Waals surface area contributed by atoms with Crippen LogP contribution in [0.25, 0.3) is 0 Å². The summed E-state index contributed by atoms with van der Waals surface area (Å²) in [6.45, 7) is 3.03. The molecule has 0 bridgehead atoms. The molecule has 0 radical (unpaired) electrons. The zero-order valence-electron chi connectivity index (χ0n) is 6.34. The molecule has 1 atom stereocenters. The van der Waals surface area contributed by atoms with Crippen LogP contribution in [0.3, 0.4) is 0 Å². The summed E-state index contributed by atoms with van der Waals surface area (Å²) in [5, 5.41) is 8.80. The topological polar surface area (TPSA) is 29.5 Å². The fraction of sp³-hybridized carbons (Fsp3) is 0.750. The fourth-order valence-corrected chi connectivity index (χ4v) is 0.489. The molecule has 0 amide bonds. The first-order valence-corrected chi connectivity index (χ1v) is 3.53. The molecule has 0 rings (SSSR count). The Kier molecular flexibility index (Phi) is 6.25. The van der Waals surface area contributed by atoms with Gasteiger partial charge in [-0.25, -0.2) is 0 Å². The van der Waals surface area contributed by atoms with Gasteiger partial charge in [-0.3, -0.25) is 0 Å². The Morgan fingerprint density at radius 3 is 2.90 bits per heavy atom. The van der Waals surface area contributed by atoms with Gasteiger partial charge in [-0.1, -0.05) is 19.3 Å². The zero-order chi connectivity index (χ0) is 7.82. The van der Waals surface area contributed by atoms with Crippen molar-refractivity contribution in [1.29, 1.82) is 0 Å². The lowest BCUT2D eigenvalue weighted by atomic mass is 10.3. The van der Waals surface area contributed by atoms with Gasteiger partial charge in [-0.15, -0.1) is 6.42 Å². The summed E-state index contributed by atoms with van der Waals surface area (Å²) in [6, 6.07) is 0. The third-order valence-corrected chi connectivity index (χ3v) is 1.11. The van der Waals surface area contributed by atoms with Crippen LogP contribution in [0.1, 0.15) is 19.8 Å². The first-order chi connectivity index (χ1) is 4.81. The largest absolute Gasteiger partial charge is 0.378 e. The van der Waals surface area contributed by atoms with E-state index in [0.717, 1.165) is 12.8 Å². The Bertz CT molecular complexity index is 104. The highest BCUT2D eigenvalue weighted by Crippen LogP contribution is 1.89. The van der Waals surface area contributed by atoms with Gasteiger partial charge < -0.3 is 9.84 Å². The normalized spacial score (nSPS) is 12.5. The number of aliphatic hydroxyl groups excluding tert-OH is 1. The second kappa shape index (κ2) is 6.60. The van der Waals surface area contributed by atoms with E-state index in [-0.39, 0.29) is 6.61 Å². The lowest BCUT2D eigenvalue weighted by Gasteiger charge is -2.03. The van der Waals surface area contributed by atoms with Gasteiger partial charge in [0.15, 0.2) is 0 Å². The molecule has 0 aliphatic rings. The zero-order valence-corrected chi connectivity index (χ0v) is 6.34. The second-order valence-electron chi connectivity index (χ2n) is 2.11. The van der Waals surface area contributed by atoms with Crippen molar-refractivity contribution in [2.75, 3.05) is 13.2 Å². The quantitative estimate of drug-likeness (QED) is 0.454. The van der Waals surface area contributed by atoms with E-state index in [1.165, 1.54) is 0 Å². The van der Waals surface area contributed by atoms with Gasteiger partial charge in [0.2, 0.25) is 0 Å². The minimum Gasteiger partial charge on any atom is -0.378 e. The number of hydrogen-bond acceptors (Lipinski definition) is 2. The van der Waals surface area contributed by atoms with Crippen LogP contribution >= 0.6 is 0 Å². The van der Waals surface area contributed by atoms with Crippen molar-refractivity contribution in [3.05, 3.63) is 0 Å². The smallest absolute Gasteiger partial charge is 0.137 e. The Morgan fingerprint density at radius 2 is 2.40 bits per heavy atom. The predicted molar refractivity (Wildman–Crippen MR) is 40.6 cm³/mol. The fourth-order valence-electron chi connectivity index (χ4n) is 0.489. The molecule has 0 aromatic rings. The van der Waals surface area contributed by atoms with Gasteiger partial charge in [0.1, 0.15) is 6.10 Å². The average Bonchev–Trinajstić information content (AvgIpc) is 1.98. The van der Waals surface area contributed by atoms with Crippen LogP contribution < -0.4 is 0 Å². The first kappa shape index (κ1) is 9.48. The Labute approximate surface area is 62.2 Å². The SMILES string of the molecule is C#CC(O)COCCCC. The van der Waals surface area contributed by atoms with E-state index in [9.17, 15) is 0 Å². The monoisotopic (exact) mass is 142 g/mol. The summed E-state index contributed by atoms with van der Waals surface area (Å²) in [5.41, 5.74) is 0. The minimum atomic E-state index is -0.739. The van der Waals surface area contributed by atoms with Crippen molar-refractivity contribution >= 4 is 0 Å². The van der Waals surface area contributed by atoms with Crippen LogP contribution in [0, 0.1) is 12.3 Å². The predicted octanol–water partition coefficient (Wildman–Crippen LogP) is 0.797. The van der Waals surface area contributed by atoms with Gasteiger partial charge in [0.05, 0.1) is 6.61 Å². The summed E-state index contributed by atoms with van der Waals surface area (Å²) >= 11 is 0. The van der Waals surface area contributed by atoms with Crippen molar-refractivity contribution in [2.24, 2.45) is 0 Å². The molecule has 1 unspecified atom stereocenters. The van der Waals surface area contributed by atoms with Crippen molar-refractivity contribution in [3.8, 4) is 12.3 Å². The molecule has 0 aromatic carbocycles. The molecule has 2 heteroatoms. The lowest BCUT2D eigenvalue weighted by Crippen LogP contribution is -2.12. The number of ether oxygens (including phenoxy) is 1. The lowest BCUT2D eigenvalue weighted by molar-refractivity contribution is 0.0625. The van der Waals surface area contributed by atoms with Crippen molar-refractivity contribution < 1.29 is 9.84 Å². The molecular weight excluding hydrogens is 128 g/mol. The number of terminal acetylenes is 1. The highest BCUT2D eigenvalue weighted by atomic mass is 16.5. The molecule has 0 spiro atoms. The number of unbranched alkanes of at least 4 members (excludes halogenated alkanes) is 1. The molecule has 10 heavy (non-hydrogen) atoms. The molecule has 0 aromatic heterocycles. The van der Waals surface area contributed by atoms with Gasteiger partial charge >= 0.3 is 0 Å². The summed E-state index contributed by atoms with van der Waals surface area (Å²) in [5.74, 6) is 2.17. The van der Waals surface area contributed by atoms with E-state index in [0.29, 0.717) is 6.61 Å². The minimum absolute atomic E-state index is 0.260. The highest BCUT2D eigenvalue weighted by Gasteiger charge is 1.96. The van der Waals surface area contributed by atoms with E-state index in [4.69, 9.17) is 16.3 Å². The summed E-state index contributed by atoms with van der Waals surface area (Å²) in [6.07, 6.45) is 6.30. The molecule has 2 nitrogen and oxygen atoms in total. The molecule has 0 heterocycles. The summed E-state index contributed by atoms with van der Waals surface area (Å²) < 4.78 is 5.03. The van der Waals surface area contributed by atoms with Crippen LogP contribution in [0.2, 0.25) is 0 Å². The maximum atomic E-state index is 8.80. The average molecular weight is 142 g/mol.